The molecule has 7 nitrogen and oxygen atoms in total. The van der Waals surface area contributed by atoms with E-state index < -0.39 is 5.97 Å². The Morgan fingerprint density at radius 1 is 1.30 bits per heavy atom. The third-order valence-electron chi connectivity index (χ3n) is 3.50. The number of benzene rings is 1. The van der Waals surface area contributed by atoms with Crippen molar-refractivity contribution in [3.63, 3.8) is 0 Å². The average Bonchev–Trinajstić information content (AvgIpc) is 2.94. The molecule has 2 amide bonds. The van der Waals surface area contributed by atoms with Gasteiger partial charge >= 0.3 is 12.0 Å². The smallest absolute Gasteiger partial charge is 0.337 e. The summed E-state index contributed by atoms with van der Waals surface area (Å²) >= 11 is 0. The van der Waals surface area contributed by atoms with E-state index >= 15 is 0 Å². The number of hydrogen-bond acceptors (Lipinski definition) is 4. The third kappa shape index (κ3) is 4.32. The highest BCUT2D eigenvalue weighted by Crippen LogP contribution is 2.17. The Morgan fingerprint density at radius 3 is 2.74 bits per heavy atom. The van der Waals surface area contributed by atoms with Gasteiger partial charge < -0.3 is 15.4 Å². The van der Waals surface area contributed by atoms with Gasteiger partial charge in [0.05, 0.1) is 12.7 Å². The van der Waals surface area contributed by atoms with Crippen molar-refractivity contribution >= 4 is 17.7 Å². The number of amides is 2. The molecule has 7 heteroatoms. The Bertz CT molecular complexity index is 709. The monoisotopic (exact) mass is 316 g/mol. The summed E-state index contributed by atoms with van der Waals surface area (Å²) in [6.45, 7) is 2.34. The summed E-state index contributed by atoms with van der Waals surface area (Å²) < 4.78 is 6.45. The zero-order chi connectivity index (χ0) is 16.8. The van der Waals surface area contributed by atoms with Gasteiger partial charge in [-0.2, -0.15) is 5.10 Å². The lowest BCUT2D eigenvalue weighted by Crippen LogP contribution is -2.31. The normalized spacial score (nSPS) is 10.2. The molecule has 1 aromatic heterocycles. The zero-order valence-corrected chi connectivity index (χ0v) is 13.4. The lowest BCUT2D eigenvalue weighted by atomic mass is 10.1. The molecule has 122 valence electrons. The summed E-state index contributed by atoms with van der Waals surface area (Å²) in [5, 5.41) is 9.60. The van der Waals surface area contributed by atoms with Gasteiger partial charge in [-0.3, -0.25) is 4.68 Å². The Labute approximate surface area is 134 Å². The molecule has 0 unspecified atom stereocenters. The van der Waals surface area contributed by atoms with E-state index in [0.29, 0.717) is 24.2 Å². The molecule has 0 aliphatic rings. The van der Waals surface area contributed by atoms with Gasteiger partial charge in [0, 0.05) is 37.6 Å². The number of nitrogens with one attached hydrogen (secondary N) is 2. The van der Waals surface area contributed by atoms with Gasteiger partial charge in [-0.15, -0.1) is 0 Å². The van der Waals surface area contributed by atoms with Crippen LogP contribution in [0.1, 0.15) is 21.6 Å². The molecule has 2 aromatic rings. The molecular formula is C16H20N4O3. The van der Waals surface area contributed by atoms with Crippen molar-refractivity contribution in [2.24, 2.45) is 7.05 Å². The van der Waals surface area contributed by atoms with Crippen molar-refractivity contribution in [3.8, 4) is 0 Å². The van der Waals surface area contributed by atoms with Crippen molar-refractivity contribution in [3.05, 3.63) is 47.3 Å². The topological polar surface area (TPSA) is 85.2 Å². The number of ether oxygens (including phenoxy) is 1. The van der Waals surface area contributed by atoms with Crippen molar-refractivity contribution in [1.82, 2.24) is 15.1 Å². The molecule has 0 fully saturated rings. The van der Waals surface area contributed by atoms with Gasteiger partial charge in [-0.1, -0.05) is 6.07 Å². The largest absolute Gasteiger partial charge is 0.465 e. The molecule has 0 spiro atoms. The number of carbonyl (C=O) groups is 2. The van der Waals surface area contributed by atoms with Gasteiger partial charge in [0.2, 0.25) is 0 Å². The van der Waals surface area contributed by atoms with Gasteiger partial charge in [-0.25, -0.2) is 9.59 Å². The fraction of sp³-hybridized carbons (Fsp3) is 0.312. The van der Waals surface area contributed by atoms with Gasteiger partial charge in [0.1, 0.15) is 0 Å². The lowest BCUT2D eigenvalue weighted by Gasteiger charge is -2.11. The lowest BCUT2D eigenvalue weighted by molar-refractivity contribution is 0.0600. The number of anilines is 1. The minimum absolute atomic E-state index is 0.322. The number of esters is 1. The first-order chi connectivity index (χ1) is 11.0. The van der Waals surface area contributed by atoms with Crippen LogP contribution < -0.4 is 10.6 Å². The van der Waals surface area contributed by atoms with E-state index in [9.17, 15) is 9.59 Å². The molecule has 0 aliphatic carbocycles. The highest BCUT2D eigenvalue weighted by atomic mass is 16.5. The number of aryl methyl sites for hydroxylation is 2. The van der Waals surface area contributed by atoms with Crippen molar-refractivity contribution in [2.75, 3.05) is 19.0 Å². The molecule has 0 saturated carbocycles. The zero-order valence-electron chi connectivity index (χ0n) is 13.4. The van der Waals surface area contributed by atoms with Crippen LogP contribution in [0.25, 0.3) is 0 Å². The van der Waals surface area contributed by atoms with Gasteiger partial charge in [-0.05, 0) is 30.7 Å². The van der Waals surface area contributed by atoms with E-state index in [1.807, 2.05) is 20.0 Å². The molecule has 1 aromatic carbocycles. The summed E-state index contributed by atoms with van der Waals surface area (Å²) in [5.74, 6) is -0.440. The molecular weight excluding hydrogens is 296 g/mol. The van der Waals surface area contributed by atoms with Crippen LogP contribution in [0.2, 0.25) is 0 Å². The molecule has 0 atom stereocenters. The minimum atomic E-state index is -0.440. The second-order valence-electron chi connectivity index (χ2n) is 5.10. The fourth-order valence-corrected chi connectivity index (χ4v) is 2.12. The number of urea groups is 1. The van der Waals surface area contributed by atoms with Crippen LogP contribution in [0.4, 0.5) is 10.5 Å². The van der Waals surface area contributed by atoms with Crippen LogP contribution >= 0.6 is 0 Å². The summed E-state index contributed by atoms with van der Waals surface area (Å²) in [4.78, 5) is 23.5. The van der Waals surface area contributed by atoms with Crippen molar-refractivity contribution in [2.45, 2.75) is 13.3 Å². The third-order valence-corrected chi connectivity index (χ3v) is 3.50. The predicted octanol–water partition coefficient (Wildman–Crippen LogP) is 1.88. The van der Waals surface area contributed by atoms with Crippen LogP contribution in [0.15, 0.2) is 30.5 Å². The summed E-state index contributed by atoms with van der Waals surface area (Å²) in [6, 6.07) is 6.60. The van der Waals surface area contributed by atoms with Gasteiger partial charge in [0.15, 0.2) is 0 Å². The van der Waals surface area contributed by atoms with Crippen LogP contribution in [0, 0.1) is 6.92 Å². The fourth-order valence-electron chi connectivity index (χ4n) is 2.12. The van der Waals surface area contributed by atoms with Crippen molar-refractivity contribution < 1.29 is 14.3 Å². The first kappa shape index (κ1) is 16.5. The number of rotatable bonds is 5. The Morgan fingerprint density at radius 2 is 2.09 bits per heavy atom. The maximum absolute atomic E-state index is 12.0. The standard InChI is InChI=1S/C16H20N4O3/c1-11-4-5-12(15(21)23-3)10-14(11)19-16(22)17-8-6-13-7-9-18-20(13)2/h4-5,7,9-10H,6,8H2,1-3H3,(H2,17,19,22). The van der Waals surface area contributed by atoms with E-state index in [4.69, 9.17) is 0 Å². The van der Waals surface area contributed by atoms with Gasteiger partial charge in [0.25, 0.3) is 0 Å². The SMILES string of the molecule is COC(=O)c1ccc(C)c(NC(=O)NCCc2ccnn2C)c1. The van der Waals surface area contributed by atoms with E-state index in [1.54, 1.807) is 29.1 Å². The summed E-state index contributed by atoms with van der Waals surface area (Å²) in [7, 11) is 3.18. The predicted molar refractivity (Wildman–Crippen MR) is 86.5 cm³/mol. The Kier molecular flexibility index (Phi) is 5.35. The van der Waals surface area contributed by atoms with E-state index in [2.05, 4.69) is 20.5 Å². The molecule has 2 N–H and O–H groups in total. The number of hydrogen-bond donors (Lipinski definition) is 2. The Hall–Kier alpha value is -2.83. The van der Waals surface area contributed by atoms with Crippen LogP contribution in [0.5, 0.6) is 0 Å². The molecule has 0 bridgehead atoms. The summed E-state index contributed by atoms with van der Waals surface area (Å²) in [6.07, 6.45) is 2.40. The maximum Gasteiger partial charge on any atom is 0.337 e. The molecule has 0 saturated heterocycles. The quantitative estimate of drug-likeness (QED) is 0.825. The average molecular weight is 316 g/mol. The Balaban J connectivity index is 1.92. The first-order valence-corrected chi connectivity index (χ1v) is 7.22. The van der Waals surface area contributed by atoms with Crippen LogP contribution in [-0.2, 0) is 18.2 Å². The number of carbonyl (C=O) groups excluding carboxylic acids is 2. The molecule has 2 rings (SSSR count). The van der Waals surface area contributed by atoms with E-state index in [0.717, 1.165) is 11.3 Å². The van der Waals surface area contributed by atoms with Crippen molar-refractivity contribution in [1.29, 1.82) is 0 Å². The second kappa shape index (κ2) is 7.44. The maximum atomic E-state index is 12.0. The van der Waals surface area contributed by atoms with Crippen LogP contribution in [0.3, 0.4) is 0 Å². The molecule has 0 radical (unpaired) electrons. The second-order valence-corrected chi connectivity index (χ2v) is 5.10. The highest BCUT2D eigenvalue weighted by molar-refractivity contribution is 5.94. The first-order valence-electron chi connectivity index (χ1n) is 7.22. The minimum Gasteiger partial charge on any atom is -0.465 e. The number of aromatic nitrogens is 2. The van der Waals surface area contributed by atoms with Crippen LogP contribution in [-0.4, -0.2) is 35.4 Å². The molecule has 0 aliphatic heterocycles. The molecule has 1 heterocycles. The number of methoxy groups -OCH3 is 1. The highest BCUT2D eigenvalue weighted by Gasteiger charge is 2.10. The van der Waals surface area contributed by atoms with E-state index in [-0.39, 0.29) is 6.03 Å². The number of nitrogens with zero attached hydrogens (tertiary/aromatic N) is 2. The van der Waals surface area contributed by atoms with E-state index in [1.165, 1.54) is 7.11 Å². The molecule has 23 heavy (non-hydrogen) atoms. The summed E-state index contributed by atoms with van der Waals surface area (Å²) in [5.41, 5.74) is 2.86.